The summed E-state index contributed by atoms with van der Waals surface area (Å²) in [5.74, 6) is 0.920. The number of aliphatic hydroxyl groups excluding tert-OH is 1. The highest BCUT2D eigenvalue weighted by molar-refractivity contribution is 9.10. The first-order valence-electron chi connectivity index (χ1n) is 4.82. The third-order valence-electron chi connectivity index (χ3n) is 2.21. The van der Waals surface area contributed by atoms with E-state index in [9.17, 15) is 0 Å². The standard InChI is InChI=1S/C12H11BrO2S/c1-8-11(4-5-15-8)16-12-3-2-9(7-14)6-10(12)13/h2-6,14H,7H2,1H3. The van der Waals surface area contributed by atoms with Crippen molar-refractivity contribution in [2.45, 2.75) is 23.3 Å². The summed E-state index contributed by atoms with van der Waals surface area (Å²) < 4.78 is 6.24. The predicted octanol–water partition coefficient (Wildman–Crippen LogP) is 3.99. The molecule has 0 bridgehead atoms. The summed E-state index contributed by atoms with van der Waals surface area (Å²) in [5, 5.41) is 9.01. The molecule has 0 amide bonds. The Morgan fingerprint density at radius 3 is 2.69 bits per heavy atom. The van der Waals surface area contributed by atoms with E-state index in [0.29, 0.717) is 0 Å². The fourth-order valence-electron chi connectivity index (χ4n) is 1.32. The highest BCUT2D eigenvalue weighted by Gasteiger charge is 2.07. The summed E-state index contributed by atoms with van der Waals surface area (Å²) >= 11 is 5.14. The van der Waals surface area contributed by atoms with Gasteiger partial charge in [-0.3, -0.25) is 0 Å². The Morgan fingerprint density at radius 2 is 2.12 bits per heavy atom. The zero-order valence-electron chi connectivity index (χ0n) is 8.74. The summed E-state index contributed by atoms with van der Waals surface area (Å²) in [5.41, 5.74) is 0.903. The van der Waals surface area contributed by atoms with Gasteiger partial charge in [-0.25, -0.2) is 0 Å². The largest absolute Gasteiger partial charge is 0.468 e. The minimum Gasteiger partial charge on any atom is -0.468 e. The molecule has 4 heteroatoms. The molecule has 1 heterocycles. The highest BCUT2D eigenvalue weighted by atomic mass is 79.9. The lowest BCUT2D eigenvalue weighted by atomic mass is 10.2. The van der Waals surface area contributed by atoms with Gasteiger partial charge in [0, 0.05) is 9.37 Å². The SMILES string of the molecule is Cc1occc1Sc1ccc(CO)cc1Br. The van der Waals surface area contributed by atoms with E-state index in [1.165, 1.54) is 0 Å². The van der Waals surface area contributed by atoms with Crippen molar-refractivity contribution in [2.24, 2.45) is 0 Å². The van der Waals surface area contributed by atoms with E-state index in [0.717, 1.165) is 25.6 Å². The van der Waals surface area contributed by atoms with Crippen molar-refractivity contribution < 1.29 is 9.52 Å². The molecule has 0 atom stereocenters. The number of hydrogen-bond donors (Lipinski definition) is 1. The molecular weight excluding hydrogens is 288 g/mol. The third-order valence-corrected chi connectivity index (χ3v) is 4.35. The first-order chi connectivity index (χ1) is 7.70. The number of aryl methyl sites for hydroxylation is 1. The molecular formula is C12H11BrO2S. The molecule has 1 N–H and O–H groups in total. The molecule has 0 spiro atoms. The van der Waals surface area contributed by atoms with Gasteiger partial charge < -0.3 is 9.52 Å². The minimum absolute atomic E-state index is 0.0638. The molecule has 1 aromatic carbocycles. The van der Waals surface area contributed by atoms with Gasteiger partial charge in [0.05, 0.1) is 17.8 Å². The highest BCUT2D eigenvalue weighted by Crippen LogP contribution is 2.35. The predicted molar refractivity (Wildman–Crippen MR) is 67.6 cm³/mol. The van der Waals surface area contributed by atoms with Gasteiger partial charge in [-0.1, -0.05) is 17.8 Å². The molecule has 16 heavy (non-hydrogen) atoms. The Bertz CT molecular complexity index is 494. The van der Waals surface area contributed by atoms with E-state index in [1.807, 2.05) is 31.2 Å². The molecule has 2 rings (SSSR count). The van der Waals surface area contributed by atoms with Gasteiger partial charge in [0.25, 0.3) is 0 Å². The molecule has 0 aliphatic carbocycles. The van der Waals surface area contributed by atoms with Crippen LogP contribution in [0.2, 0.25) is 0 Å². The second-order valence-electron chi connectivity index (χ2n) is 3.37. The maximum atomic E-state index is 9.01. The summed E-state index contributed by atoms with van der Waals surface area (Å²) in [6, 6.07) is 7.79. The van der Waals surface area contributed by atoms with Gasteiger partial charge in [-0.15, -0.1) is 0 Å². The summed E-state index contributed by atoms with van der Waals surface area (Å²) in [6.45, 7) is 2.01. The van der Waals surface area contributed by atoms with E-state index < -0.39 is 0 Å². The first-order valence-corrected chi connectivity index (χ1v) is 6.43. The van der Waals surface area contributed by atoms with Crippen LogP contribution in [0.1, 0.15) is 11.3 Å². The number of benzene rings is 1. The van der Waals surface area contributed by atoms with Crippen LogP contribution in [-0.2, 0) is 6.61 Å². The molecule has 0 saturated carbocycles. The molecule has 0 aliphatic heterocycles. The van der Waals surface area contributed by atoms with Gasteiger partial charge in [-0.05, 0) is 46.6 Å². The van der Waals surface area contributed by atoms with E-state index >= 15 is 0 Å². The fraction of sp³-hybridized carbons (Fsp3) is 0.167. The lowest BCUT2D eigenvalue weighted by Crippen LogP contribution is -1.84. The zero-order valence-corrected chi connectivity index (χ0v) is 11.1. The summed E-state index contributed by atoms with van der Waals surface area (Å²) in [4.78, 5) is 2.22. The second kappa shape index (κ2) is 5.08. The fourth-order valence-corrected chi connectivity index (χ4v) is 2.84. The molecule has 0 saturated heterocycles. The van der Waals surface area contributed by atoms with Crippen LogP contribution >= 0.6 is 27.7 Å². The number of rotatable bonds is 3. The molecule has 1 aromatic heterocycles. The quantitative estimate of drug-likeness (QED) is 0.930. The molecule has 0 unspecified atom stereocenters. The molecule has 2 aromatic rings. The summed E-state index contributed by atoms with van der Waals surface area (Å²) in [6.07, 6.45) is 1.69. The van der Waals surface area contributed by atoms with Crippen molar-refractivity contribution in [3.05, 3.63) is 46.3 Å². The van der Waals surface area contributed by atoms with E-state index in [4.69, 9.17) is 9.52 Å². The van der Waals surface area contributed by atoms with Crippen molar-refractivity contribution in [1.29, 1.82) is 0 Å². The Hall–Kier alpha value is -0.710. The Kier molecular flexibility index (Phi) is 3.74. The van der Waals surface area contributed by atoms with Crippen LogP contribution in [-0.4, -0.2) is 5.11 Å². The van der Waals surface area contributed by atoms with Crippen LogP contribution in [0.3, 0.4) is 0 Å². The van der Waals surface area contributed by atoms with E-state index in [-0.39, 0.29) is 6.61 Å². The molecule has 2 nitrogen and oxygen atoms in total. The van der Waals surface area contributed by atoms with Crippen molar-refractivity contribution >= 4 is 27.7 Å². The maximum absolute atomic E-state index is 9.01. The van der Waals surface area contributed by atoms with Crippen LogP contribution in [0.25, 0.3) is 0 Å². The number of hydrogen-bond acceptors (Lipinski definition) is 3. The van der Waals surface area contributed by atoms with E-state index in [1.54, 1.807) is 18.0 Å². The van der Waals surface area contributed by atoms with Crippen LogP contribution in [0.4, 0.5) is 0 Å². The van der Waals surface area contributed by atoms with Crippen LogP contribution < -0.4 is 0 Å². The summed E-state index contributed by atoms with van der Waals surface area (Å²) in [7, 11) is 0. The van der Waals surface area contributed by atoms with Gasteiger partial charge in [0.1, 0.15) is 5.76 Å². The third kappa shape index (κ3) is 2.51. The molecule has 0 aliphatic rings. The van der Waals surface area contributed by atoms with Gasteiger partial charge in [-0.2, -0.15) is 0 Å². The molecule has 0 fully saturated rings. The Balaban J connectivity index is 2.25. The zero-order chi connectivity index (χ0) is 11.5. The van der Waals surface area contributed by atoms with Crippen molar-refractivity contribution in [1.82, 2.24) is 0 Å². The van der Waals surface area contributed by atoms with Crippen LogP contribution in [0.15, 0.2) is 49.2 Å². The van der Waals surface area contributed by atoms with Gasteiger partial charge in [0.15, 0.2) is 0 Å². The average molecular weight is 299 g/mol. The van der Waals surface area contributed by atoms with Gasteiger partial charge >= 0.3 is 0 Å². The topological polar surface area (TPSA) is 33.4 Å². The van der Waals surface area contributed by atoms with Crippen molar-refractivity contribution in [3.63, 3.8) is 0 Å². The lowest BCUT2D eigenvalue weighted by Gasteiger charge is -2.05. The monoisotopic (exact) mass is 298 g/mol. The molecule has 84 valence electrons. The van der Waals surface area contributed by atoms with Crippen LogP contribution in [0, 0.1) is 6.92 Å². The second-order valence-corrected chi connectivity index (χ2v) is 5.30. The normalized spacial score (nSPS) is 10.7. The lowest BCUT2D eigenvalue weighted by molar-refractivity contribution is 0.281. The van der Waals surface area contributed by atoms with Crippen molar-refractivity contribution in [3.8, 4) is 0 Å². The average Bonchev–Trinajstić information content (AvgIpc) is 2.67. The number of aliphatic hydroxyl groups is 1. The Labute approximate surface area is 107 Å². The van der Waals surface area contributed by atoms with E-state index in [2.05, 4.69) is 15.9 Å². The van der Waals surface area contributed by atoms with Gasteiger partial charge in [0.2, 0.25) is 0 Å². The van der Waals surface area contributed by atoms with Crippen molar-refractivity contribution in [2.75, 3.05) is 0 Å². The molecule has 0 radical (unpaired) electrons. The minimum atomic E-state index is 0.0638. The first kappa shape index (κ1) is 11.8. The number of halogens is 1. The Morgan fingerprint density at radius 1 is 1.31 bits per heavy atom. The number of furan rings is 1. The smallest absolute Gasteiger partial charge is 0.114 e. The maximum Gasteiger partial charge on any atom is 0.114 e. The van der Waals surface area contributed by atoms with Crippen LogP contribution in [0.5, 0.6) is 0 Å².